The number of aliphatic hydroxyl groups is 1. The molecule has 0 saturated carbocycles. The number of hydrogen-bond acceptors (Lipinski definition) is 9. The number of aliphatic hydroxyl groups excluding tert-OH is 1. The molecule has 0 amide bonds. The lowest BCUT2D eigenvalue weighted by atomic mass is 10.0. The molecule has 41 heavy (non-hydrogen) atoms. The van der Waals surface area contributed by atoms with Crippen molar-refractivity contribution in [2.75, 3.05) is 40.2 Å². The van der Waals surface area contributed by atoms with Crippen molar-refractivity contribution in [3.8, 4) is 5.75 Å². The van der Waals surface area contributed by atoms with Crippen molar-refractivity contribution in [3.63, 3.8) is 0 Å². The first-order chi connectivity index (χ1) is 19.3. The van der Waals surface area contributed by atoms with Gasteiger partial charge in [-0.3, -0.25) is 9.44 Å². The van der Waals surface area contributed by atoms with Crippen LogP contribution in [0.25, 0.3) is 0 Å². The van der Waals surface area contributed by atoms with E-state index in [1.165, 1.54) is 42.5 Å². The highest BCUT2D eigenvalue weighted by molar-refractivity contribution is 7.92. The molecule has 3 aromatic rings. The van der Waals surface area contributed by atoms with Gasteiger partial charge in [-0.25, -0.2) is 21.6 Å². The molecule has 0 unspecified atom stereocenters. The molecule has 220 valence electrons. The van der Waals surface area contributed by atoms with Crippen molar-refractivity contribution < 1.29 is 36.9 Å². The molecule has 1 fully saturated rings. The fourth-order valence-electron chi connectivity index (χ4n) is 4.51. The number of carboxylic acid groups (broad SMARTS) is 1. The van der Waals surface area contributed by atoms with Crippen LogP contribution in [-0.4, -0.2) is 70.1 Å². The number of aromatic hydroxyl groups is 1. The number of hydrogen-bond donors (Lipinski definition) is 6. The minimum absolute atomic E-state index is 0.00105. The van der Waals surface area contributed by atoms with Crippen LogP contribution in [-0.2, 0) is 20.0 Å². The second kappa shape index (κ2) is 12.3. The third-order valence-electron chi connectivity index (χ3n) is 6.69. The SMILES string of the molecule is CS(=O)(=O)Nc1cc([C@@H](O)CNC2CCN(c3ccc(NS(=O)(=O)c4ccc(C(=O)O)cc4)cc3)CC2)ccc1O. The van der Waals surface area contributed by atoms with Crippen molar-refractivity contribution in [1.29, 1.82) is 0 Å². The topological polar surface area (TPSA) is 185 Å². The summed E-state index contributed by atoms with van der Waals surface area (Å²) in [5, 5.41) is 32.8. The minimum Gasteiger partial charge on any atom is -0.506 e. The molecular weight excluding hydrogens is 572 g/mol. The van der Waals surface area contributed by atoms with Gasteiger partial charge in [-0.1, -0.05) is 6.07 Å². The smallest absolute Gasteiger partial charge is 0.335 e. The number of carboxylic acids is 1. The summed E-state index contributed by atoms with van der Waals surface area (Å²) in [5.41, 5.74) is 1.79. The normalized spacial score (nSPS) is 15.3. The Morgan fingerprint density at radius 3 is 2.17 bits per heavy atom. The van der Waals surface area contributed by atoms with Crippen LogP contribution >= 0.6 is 0 Å². The summed E-state index contributed by atoms with van der Waals surface area (Å²) in [6.07, 6.45) is 1.69. The molecule has 0 bridgehead atoms. The lowest BCUT2D eigenvalue weighted by molar-refractivity contribution is 0.0696. The second-order valence-electron chi connectivity index (χ2n) is 9.82. The van der Waals surface area contributed by atoms with Crippen LogP contribution < -0.4 is 19.7 Å². The molecule has 14 heteroatoms. The van der Waals surface area contributed by atoms with Gasteiger partial charge in [0.1, 0.15) is 5.75 Å². The van der Waals surface area contributed by atoms with Gasteiger partial charge in [-0.05, 0) is 79.1 Å². The lowest BCUT2D eigenvalue weighted by Crippen LogP contribution is -2.43. The number of benzene rings is 3. The van der Waals surface area contributed by atoms with Crippen molar-refractivity contribution in [2.45, 2.75) is 29.9 Å². The maximum absolute atomic E-state index is 12.7. The first kappa shape index (κ1) is 30.1. The zero-order valence-corrected chi connectivity index (χ0v) is 23.8. The first-order valence-corrected chi connectivity index (χ1v) is 16.1. The van der Waals surface area contributed by atoms with E-state index in [0.29, 0.717) is 11.3 Å². The summed E-state index contributed by atoms with van der Waals surface area (Å²) >= 11 is 0. The van der Waals surface area contributed by atoms with Crippen molar-refractivity contribution >= 4 is 43.1 Å². The third kappa shape index (κ3) is 8.10. The van der Waals surface area contributed by atoms with E-state index in [1.807, 2.05) is 12.1 Å². The van der Waals surface area contributed by atoms with Crippen LogP contribution in [0.5, 0.6) is 5.75 Å². The van der Waals surface area contributed by atoms with Crippen LogP contribution in [0, 0.1) is 0 Å². The molecule has 0 aliphatic carbocycles. The number of nitrogens with one attached hydrogen (secondary N) is 3. The lowest BCUT2D eigenvalue weighted by Gasteiger charge is -2.34. The highest BCUT2D eigenvalue weighted by Gasteiger charge is 2.21. The van der Waals surface area contributed by atoms with Gasteiger partial charge in [0.05, 0.1) is 28.5 Å². The van der Waals surface area contributed by atoms with Crippen LogP contribution in [0.15, 0.2) is 71.6 Å². The average molecular weight is 605 g/mol. The van der Waals surface area contributed by atoms with E-state index < -0.39 is 32.1 Å². The van der Waals surface area contributed by atoms with Crippen LogP contribution in [0.1, 0.15) is 34.9 Å². The number of sulfonamides is 2. The number of phenols is 1. The number of rotatable bonds is 11. The first-order valence-electron chi connectivity index (χ1n) is 12.7. The predicted molar refractivity (Wildman–Crippen MR) is 155 cm³/mol. The van der Waals surface area contributed by atoms with Crippen LogP contribution in [0.2, 0.25) is 0 Å². The van der Waals surface area contributed by atoms with E-state index in [4.69, 9.17) is 5.11 Å². The Hall–Kier alpha value is -3.85. The molecule has 6 N–H and O–H groups in total. The molecule has 0 aromatic heterocycles. The van der Waals surface area contributed by atoms with Crippen molar-refractivity contribution in [1.82, 2.24) is 5.32 Å². The van der Waals surface area contributed by atoms with E-state index >= 15 is 0 Å². The Balaban J connectivity index is 1.27. The molecule has 1 heterocycles. The Morgan fingerprint density at radius 2 is 1.59 bits per heavy atom. The number of piperidine rings is 1. The fraction of sp³-hybridized carbons (Fsp3) is 0.296. The summed E-state index contributed by atoms with van der Waals surface area (Å²) < 4.78 is 53.1. The van der Waals surface area contributed by atoms with Gasteiger partial charge in [0, 0.05) is 37.1 Å². The van der Waals surface area contributed by atoms with Gasteiger partial charge >= 0.3 is 5.97 Å². The molecule has 1 saturated heterocycles. The van der Waals surface area contributed by atoms with Gasteiger partial charge in [-0.15, -0.1) is 0 Å². The number of nitrogens with zero attached hydrogens (tertiary/aromatic N) is 1. The largest absolute Gasteiger partial charge is 0.506 e. The number of anilines is 3. The fourth-order valence-corrected chi connectivity index (χ4v) is 6.13. The highest BCUT2D eigenvalue weighted by Crippen LogP contribution is 2.28. The molecule has 4 rings (SSSR count). The van der Waals surface area contributed by atoms with Gasteiger partial charge in [-0.2, -0.15) is 0 Å². The zero-order valence-electron chi connectivity index (χ0n) is 22.2. The Bertz CT molecular complexity index is 1590. The van der Waals surface area contributed by atoms with Crippen molar-refractivity contribution in [3.05, 3.63) is 77.9 Å². The molecule has 3 aromatic carbocycles. The molecule has 12 nitrogen and oxygen atoms in total. The molecule has 0 spiro atoms. The Kier molecular flexibility index (Phi) is 9.07. The molecule has 0 radical (unpaired) electrons. The van der Waals surface area contributed by atoms with E-state index in [-0.39, 0.29) is 34.5 Å². The monoisotopic (exact) mass is 604 g/mol. The summed E-state index contributed by atoms with van der Waals surface area (Å²) in [4.78, 5) is 13.1. The van der Waals surface area contributed by atoms with Gasteiger partial charge in [0.2, 0.25) is 10.0 Å². The minimum atomic E-state index is -3.87. The average Bonchev–Trinajstić information content (AvgIpc) is 2.93. The number of aromatic carboxylic acids is 1. The quantitative estimate of drug-likeness (QED) is 0.178. The summed E-state index contributed by atoms with van der Waals surface area (Å²) in [7, 11) is -7.46. The predicted octanol–water partition coefficient (Wildman–Crippen LogP) is 2.55. The van der Waals surface area contributed by atoms with Gasteiger partial charge < -0.3 is 25.5 Å². The second-order valence-corrected chi connectivity index (χ2v) is 13.2. The van der Waals surface area contributed by atoms with Crippen LogP contribution in [0.4, 0.5) is 17.1 Å². The highest BCUT2D eigenvalue weighted by atomic mass is 32.2. The van der Waals surface area contributed by atoms with Gasteiger partial charge in [0.15, 0.2) is 0 Å². The van der Waals surface area contributed by atoms with Crippen LogP contribution in [0.3, 0.4) is 0 Å². The molecule has 1 aliphatic heterocycles. The number of carbonyl (C=O) groups is 1. The Labute approximate surface area is 238 Å². The van der Waals surface area contributed by atoms with E-state index in [9.17, 15) is 31.8 Å². The standard InChI is InChI=1S/C27H32N4O8S2/c1-40(36,37)30-24-16-19(4-11-25(24)32)26(33)17-28-20-12-14-31(15-13-20)22-7-5-21(6-8-22)29-41(38,39)23-9-2-18(3-10-23)27(34)35/h2-11,16,20,26,28-30,32-33H,12-15,17H2,1H3,(H,34,35)/t26-/m0/s1. The molecule has 1 aliphatic rings. The van der Waals surface area contributed by atoms with E-state index in [2.05, 4.69) is 19.7 Å². The maximum atomic E-state index is 12.7. The van der Waals surface area contributed by atoms with Gasteiger partial charge in [0.25, 0.3) is 10.0 Å². The van der Waals surface area contributed by atoms with E-state index in [1.54, 1.807) is 12.1 Å². The summed E-state index contributed by atoms with van der Waals surface area (Å²) in [6.45, 7) is 1.74. The Morgan fingerprint density at radius 1 is 0.951 bits per heavy atom. The summed E-state index contributed by atoms with van der Waals surface area (Å²) in [5.74, 6) is -1.37. The summed E-state index contributed by atoms with van der Waals surface area (Å²) in [6, 6.07) is 16.4. The molecular formula is C27H32N4O8S2. The van der Waals surface area contributed by atoms with E-state index in [0.717, 1.165) is 37.9 Å². The molecule has 1 atom stereocenters. The van der Waals surface area contributed by atoms with Crippen molar-refractivity contribution in [2.24, 2.45) is 0 Å². The third-order valence-corrected chi connectivity index (χ3v) is 8.68. The maximum Gasteiger partial charge on any atom is 0.335 e. The number of phenolic OH excluding ortho intramolecular Hbond substituents is 1. The zero-order chi connectivity index (χ0) is 29.8.